The minimum absolute atomic E-state index is 0.139. The van der Waals surface area contributed by atoms with Crippen LogP contribution in [-0.2, 0) is 19.0 Å². The van der Waals surface area contributed by atoms with E-state index in [9.17, 15) is 19.2 Å². The molecule has 0 unspecified atom stereocenters. The molecule has 1 saturated heterocycles. The number of hydrogen-bond acceptors (Lipinski definition) is 7. The quantitative estimate of drug-likeness (QED) is 0.169. The highest BCUT2D eigenvalue weighted by atomic mass is 16.6. The molecule has 248 valence electrons. The van der Waals surface area contributed by atoms with Crippen LogP contribution in [0.1, 0.15) is 61.5 Å². The maximum Gasteiger partial charge on any atom is 0.338 e. The molecule has 2 heterocycles. The average molecular weight is 657 g/mol. The fraction of sp³-hybridized carbons (Fsp3) is 0.200. The molecule has 0 saturated carbocycles. The highest BCUT2D eigenvalue weighted by Crippen LogP contribution is 2.32. The second kappa shape index (κ2) is 15.0. The molecule has 1 aliphatic rings. The van der Waals surface area contributed by atoms with Crippen molar-refractivity contribution in [1.29, 1.82) is 0 Å². The predicted octanol–water partition coefficient (Wildman–Crippen LogP) is 6.61. The molecule has 1 amide bonds. The third-order valence-electron chi connectivity index (χ3n) is 8.45. The van der Waals surface area contributed by atoms with Crippen molar-refractivity contribution in [3.63, 3.8) is 0 Å². The van der Waals surface area contributed by atoms with Crippen LogP contribution in [0.4, 0.5) is 5.69 Å². The first-order valence-corrected chi connectivity index (χ1v) is 16.0. The van der Waals surface area contributed by atoms with Crippen molar-refractivity contribution >= 4 is 23.5 Å². The number of carbonyl (C=O) groups excluding carboxylic acids is 3. The van der Waals surface area contributed by atoms with Gasteiger partial charge in [-0.3, -0.25) is 14.2 Å². The Bertz CT molecular complexity index is 1930. The van der Waals surface area contributed by atoms with Gasteiger partial charge < -0.3 is 19.5 Å². The summed E-state index contributed by atoms with van der Waals surface area (Å²) in [5, 5.41) is 2.90. The third kappa shape index (κ3) is 8.02. The minimum Gasteiger partial charge on any atom is -0.459 e. The zero-order valence-electron chi connectivity index (χ0n) is 27.2. The number of rotatable bonds is 10. The number of hydrogen-bond donors (Lipinski definition) is 1. The molecule has 6 rings (SSSR count). The van der Waals surface area contributed by atoms with Crippen molar-refractivity contribution < 1.29 is 28.6 Å². The molecule has 0 spiro atoms. The van der Waals surface area contributed by atoms with Crippen LogP contribution in [0.3, 0.4) is 0 Å². The summed E-state index contributed by atoms with van der Waals surface area (Å²) in [4.78, 5) is 52.9. The first kappa shape index (κ1) is 33.1. The number of esters is 2. The molecule has 1 aliphatic heterocycles. The molecule has 1 N–H and O–H groups in total. The SMILES string of the molecule is Cc1ccc(C(=O)OC[C@H]2O[C@@H](n3ccc(NC(=O)C(c4ccccc4)c4ccccc4)cc3=O)C[C@@H]2OC(=O)c2ccc(C)cc2)cc1. The minimum atomic E-state index is -0.836. The second-order valence-corrected chi connectivity index (χ2v) is 12.0. The summed E-state index contributed by atoms with van der Waals surface area (Å²) in [6, 6.07) is 35.8. The molecule has 1 aromatic heterocycles. The van der Waals surface area contributed by atoms with Gasteiger partial charge in [0, 0.05) is 24.4 Å². The highest BCUT2D eigenvalue weighted by Gasteiger charge is 2.40. The number of anilines is 1. The van der Waals surface area contributed by atoms with Crippen LogP contribution < -0.4 is 10.9 Å². The fourth-order valence-electron chi connectivity index (χ4n) is 5.78. The molecule has 3 atom stereocenters. The van der Waals surface area contributed by atoms with Gasteiger partial charge in [0.2, 0.25) is 5.91 Å². The van der Waals surface area contributed by atoms with Gasteiger partial charge in [-0.05, 0) is 55.3 Å². The Morgan fingerprint density at radius 2 is 1.33 bits per heavy atom. The molecular formula is C40H36N2O7. The van der Waals surface area contributed by atoms with Gasteiger partial charge in [0.15, 0.2) is 0 Å². The molecule has 0 bridgehead atoms. The molecule has 9 heteroatoms. The van der Waals surface area contributed by atoms with Gasteiger partial charge in [0.25, 0.3) is 5.56 Å². The normalized spacial score (nSPS) is 17.0. The van der Waals surface area contributed by atoms with Crippen molar-refractivity contribution in [2.75, 3.05) is 11.9 Å². The van der Waals surface area contributed by atoms with Crippen LogP contribution in [-0.4, -0.2) is 41.2 Å². The lowest BCUT2D eigenvalue weighted by Crippen LogP contribution is -2.32. The number of ether oxygens (including phenoxy) is 3. The highest BCUT2D eigenvalue weighted by molar-refractivity contribution is 5.98. The van der Waals surface area contributed by atoms with Crippen molar-refractivity contribution in [3.8, 4) is 0 Å². The summed E-state index contributed by atoms with van der Waals surface area (Å²) >= 11 is 0. The first-order valence-electron chi connectivity index (χ1n) is 16.0. The van der Waals surface area contributed by atoms with Gasteiger partial charge in [0.05, 0.1) is 17.0 Å². The summed E-state index contributed by atoms with van der Waals surface area (Å²) in [6.45, 7) is 3.64. The Kier molecular flexibility index (Phi) is 10.1. The lowest BCUT2D eigenvalue weighted by molar-refractivity contribution is -0.116. The number of nitrogens with zero attached hydrogens (tertiary/aromatic N) is 1. The molecule has 0 radical (unpaired) electrons. The molecule has 1 fully saturated rings. The topological polar surface area (TPSA) is 113 Å². The van der Waals surface area contributed by atoms with Crippen molar-refractivity contribution in [2.45, 2.75) is 44.6 Å². The van der Waals surface area contributed by atoms with E-state index in [2.05, 4.69) is 5.32 Å². The van der Waals surface area contributed by atoms with E-state index in [1.807, 2.05) is 98.8 Å². The Labute approximate surface area is 284 Å². The van der Waals surface area contributed by atoms with E-state index in [1.165, 1.54) is 16.8 Å². The molecular weight excluding hydrogens is 620 g/mol. The van der Waals surface area contributed by atoms with Gasteiger partial charge in [-0.1, -0.05) is 96.1 Å². The fourth-order valence-corrected chi connectivity index (χ4v) is 5.78. The van der Waals surface area contributed by atoms with Crippen LogP contribution in [0.5, 0.6) is 0 Å². The van der Waals surface area contributed by atoms with Gasteiger partial charge in [-0.2, -0.15) is 0 Å². The number of amides is 1. The predicted molar refractivity (Wildman–Crippen MR) is 184 cm³/mol. The van der Waals surface area contributed by atoms with Crippen LogP contribution in [0.2, 0.25) is 0 Å². The summed E-state index contributed by atoms with van der Waals surface area (Å²) < 4.78 is 19.0. The van der Waals surface area contributed by atoms with Crippen molar-refractivity contribution in [3.05, 3.63) is 171 Å². The largest absolute Gasteiger partial charge is 0.459 e. The zero-order valence-corrected chi connectivity index (χ0v) is 27.2. The Morgan fingerprint density at radius 1 is 0.776 bits per heavy atom. The summed E-state index contributed by atoms with van der Waals surface area (Å²) in [5.74, 6) is -1.97. The van der Waals surface area contributed by atoms with Gasteiger partial charge in [-0.15, -0.1) is 0 Å². The molecule has 5 aromatic rings. The number of nitrogens with one attached hydrogen (secondary N) is 1. The smallest absolute Gasteiger partial charge is 0.338 e. The van der Waals surface area contributed by atoms with E-state index in [1.54, 1.807) is 30.3 Å². The number of benzene rings is 4. The standard InChI is InChI=1S/C40H36N2O7/c1-26-13-17-30(18-14-26)39(45)47-25-34-33(49-40(46)31-19-15-27(2)16-20-31)24-36(48-34)42-22-21-32(23-35(42)43)41-38(44)37(28-9-5-3-6-10-28)29-11-7-4-8-12-29/h3-23,33-34,36-37H,24-25H2,1-2H3,(H,41,44)/t33-,34+,36+/m0/s1. The monoisotopic (exact) mass is 656 g/mol. The zero-order chi connectivity index (χ0) is 34.3. The summed E-state index contributed by atoms with van der Waals surface area (Å²) in [6.07, 6.45) is -0.800. The van der Waals surface area contributed by atoms with Crippen LogP contribution in [0.25, 0.3) is 0 Å². The summed E-state index contributed by atoms with van der Waals surface area (Å²) in [5.41, 5.74) is 4.28. The van der Waals surface area contributed by atoms with Gasteiger partial charge in [0.1, 0.15) is 25.0 Å². The van der Waals surface area contributed by atoms with E-state index in [0.717, 1.165) is 22.3 Å². The molecule has 4 aromatic carbocycles. The third-order valence-corrected chi connectivity index (χ3v) is 8.45. The number of carbonyl (C=O) groups is 3. The van der Waals surface area contributed by atoms with Crippen LogP contribution in [0.15, 0.2) is 132 Å². The first-order chi connectivity index (χ1) is 23.7. The van der Waals surface area contributed by atoms with E-state index in [-0.39, 0.29) is 18.9 Å². The average Bonchev–Trinajstić information content (AvgIpc) is 3.50. The molecule has 9 nitrogen and oxygen atoms in total. The lowest BCUT2D eigenvalue weighted by Gasteiger charge is -2.19. The maximum absolute atomic E-state index is 13.6. The lowest BCUT2D eigenvalue weighted by atomic mass is 9.90. The summed E-state index contributed by atoms with van der Waals surface area (Å²) in [7, 11) is 0. The Morgan fingerprint density at radius 3 is 1.88 bits per heavy atom. The van der Waals surface area contributed by atoms with Gasteiger partial charge in [-0.25, -0.2) is 9.59 Å². The molecule has 0 aliphatic carbocycles. The van der Waals surface area contributed by atoms with E-state index in [0.29, 0.717) is 16.8 Å². The number of pyridine rings is 1. The van der Waals surface area contributed by atoms with Crippen molar-refractivity contribution in [1.82, 2.24) is 4.57 Å². The number of aromatic nitrogens is 1. The van der Waals surface area contributed by atoms with E-state index < -0.39 is 41.9 Å². The number of aryl methyl sites for hydroxylation is 2. The van der Waals surface area contributed by atoms with E-state index >= 15 is 0 Å². The Hall–Kier alpha value is -5.80. The van der Waals surface area contributed by atoms with E-state index in [4.69, 9.17) is 14.2 Å². The van der Waals surface area contributed by atoms with Crippen LogP contribution in [0, 0.1) is 13.8 Å². The maximum atomic E-state index is 13.6. The Balaban J connectivity index is 1.19. The van der Waals surface area contributed by atoms with Crippen molar-refractivity contribution in [2.24, 2.45) is 0 Å². The van der Waals surface area contributed by atoms with Crippen LogP contribution >= 0.6 is 0 Å². The second-order valence-electron chi connectivity index (χ2n) is 12.0. The molecule has 49 heavy (non-hydrogen) atoms. The van der Waals surface area contributed by atoms with Gasteiger partial charge >= 0.3 is 11.9 Å².